The minimum Gasteiger partial charge on any atom is -0.511 e. The first-order valence-electron chi connectivity index (χ1n) is 9.64. The number of thioether (sulfide) groups is 1. The standard InChI is InChI=1S/C22H20Cl3NO3S/c23-14-3-1-2-4-19(14)30-22-17(27)11-13(12-18(22)28)20-15(24)5-6-16(21(20)25)26-7-9-29-10-8-26/h1-6,13,27H,7-12H2. The van der Waals surface area contributed by atoms with Gasteiger partial charge in [0.25, 0.3) is 0 Å². The number of aliphatic hydroxyl groups is 1. The highest BCUT2D eigenvalue weighted by Gasteiger charge is 2.33. The highest BCUT2D eigenvalue weighted by molar-refractivity contribution is 8.04. The maximum atomic E-state index is 12.9. The molecule has 1 atom stereocenters. The van der Waals surface area contributed by atoms with Gasteiger partial charge in [0.1, 0.15) is 5.76 Å². The molecule has 2 aliphatic rings. The van der Waals surface area contributed by atoms with E-state index in [0.717, 1.165) is 23.7 Å². The zero-order valence-electron chi connectivity index (χ0n) is 16.0. The zero-order chi connectivity index (χ0) is 21.3. The normalized spacial score (nSPS) is 20.0. The van der Waals surface area contributed by atoms with Gasteiger partial charge in [-0.1, -0.05) is 58.7 Å². The Kier molecular flexibility index (Phi) is 6.85. The molecule has 1 fully saturated rings. The number of allylic oxidation sites excluding steroid dienone is 2. The Bertz CT molecular complexity index is 1010. The molecule has 2 aromatic rings. The predicted octanol–water partition coefficient (Wildman–Crippen LogP) is 6.49. The van der Waals surface area contributed by atoms with Crippen LogP contribution in [0.3, 0.4) is 0 Å². The molecule has 30 heavy (non-hydrogen) atoms. The molecule has 1 N–H and O–H groups in total. The first kappa shape index (κ1) is 21.8. The number of hydrogen-bond acceptors (Lipinski definition) is 5. The van der Waals surface area contributed by atoms with Crippen molar-refractivity contribution in [3.8, 4) is 0 Å². The van der Waals surface area contributed by atoms with Crippen molar-refractivity contribution in [3.05, 3.63) is 67.7 Å². The molecule has 1 saturated heterocycles. The van der Waals surface area contributed by atoms with Gasteiger partial charge in [-0.05, 0) is 29.8 Å². The number of Topliss-reactive ketones (excluding diaryl/α,β-unsaturated/α-hetero) is 1. The third-order valence-corrected chi connectivity index (χ3v) is 7.71. The minimum atomic E-state index is -0.283. The van der Waals surface area contributed by atoms with E-state index < -0.39 is 0 Å². The van der Waals surface area contributed by atoms with Crippen molar-refractivity contribution in [2.45, 2.75) is 23.7 Å². The van der Waals surface area contributed by atoms with Gasteiger partial charge in [0.15, 0.2) is 5.78 Å². The lowest BCUT2D eigenvalue weighted by Crippen LogP contribution is -2.36. The second kappa shape index (κ2) is 9.41. The van der Waals surface area contributed by atoms with Crippen molar-refractivity contribution >= 4 is 58.0 Å². The number of carbonyl (C=O) groups excluding carboxylic acids is 1. The van der Waals surface area contributed by atoms with Crippen LogP contribution in [0.1, 0.15) is 24.3 Å². The van der Waals surface area contributed by atoms with Crippen LogP contribution in [0, 0.1) is 0 Å². The van der Waals surface area contributed by atoms with E-state index in [1.54, 1.807) is 6.07 Å². The maximum Gasteiger partial charge on any atom is 0.173 e. The third kappa shape index (κ3) is 4.46. The van der Waals surface area contributed by atoms with Gasteiger partial charge in [0.05, 0.1) is 33.9 Å². The molecule has 4 rings (SSSR count). The number of carbonyl (C=O) groups is 1. The molecule has 0 spiro atoms. The Morgan fingerprint density at radius 3 is 2.43 bits per heavy atom. The van der Waals surface area contributed by atoms with Gasteiger partial charge in [0.2, 0.25) is 0 Å². The summed E-state index contributed by atoms with van der Waals surface area (Å²) in [5.74, 6) is -0.378. The largest absolute Gasteiger partial charge is 0.511 e. The second-order valence-electron chi connectivity index (χ2n) is 7.23. The molecule has 2 aromatic carbocycles. The van der Waals surface area contributed by atoms with Crippen LogP contribution in [0.5, 0.6) is 0 Å². The van der Waals surface area contributed by atoms with Crippen molar-refractivity contribution in [2.24, 2.45) is 0 Å². The summed E-state index contributed by atoms with van der Waals surface area (Å²) < 4.78 is 5.42. The summed E-state index contributed by atoms with van der Waals surface area (Å²) >= 11 is 20.7. The molecule has 0 aromatic heterocycles. The van der Waals surface area contributed by atoms with Gasteiger partial charge in [-0.15, -0.1) is 0 Å². The molecule has 158 valence electrons. The molecule has 1 unspecified atom stereocenters. The average molecular weight is 485 g/mol. The van der Waals surface area contributed by atoms with Crippen LogP contribution in [0.4, 0.5) is 5.69 Å². The SMILES string of the molecule is O=C1CC(c2c(Cl)ccc(N3CCOCC3)c2Cl)CC(O)=C1Sc1ccccc1Cl. The molecule has 0 radical (unpaired) electrons. The Morgan fingerprint density at radius 2 is 1.73 bits per heavy atom. The highest BCUT2D eigenvalue weighted by atomic mass is 35.5. The van der Waals surface area contributed by atoms with Gasteiger partial charge in [-0.25, -0.2) is 0 Å². The molecular weight excluding hydrogens is 465 g/mol. The van der Waals surface area contributed by atoms with Gasteiger partial charge in [-0.3, -0.25) is 4.79 Å². The number of benzene rings is 2. The van der Waals surface area contributed by atoms with Crippen molar-refractivity contribution in [3.63, 3.8) is 0 Å². The van der Waals surface area contributed by atoms with Gasteiger partial charge in [0, 0.05) is 41.8 Å². The molecule has 1 aliphatic carbocycles. The van der Waals surface area contributed by atoms with Crippen molar-refractivity contribution in [1.29, 1.82) is 0 Å². The monoisotopic (exact) mass is 483 g/mol. The van der Waals surface area contributed by atoms with Crippen LogP contribution in [0.2, 0.25) is 15.1 Å². The second-order valence-corrected chi connectivity index (χ2v) is 9.47. The summed E-state index contributed by atoms with van der Waals surface area (Å²) in [7, 11) is 0. The van der Waals surface area contributed by atoms with Crippen LogP contribution in [0.25, 0.3) is 0 Å². The number of ether oxygens (including phenoxy) is 1. The number of anilines is 1. The Hall–Kier alpha value is -1.37. The molecule has 8 heteroatoms. The van der Waals surface area contributed by atoms with E-state index in [-0.39, 0.29) is 23.9 Å². The van der Waals surface area contributed by atoms with E-state index in [9.17, 15) is 9.90 Å². The van der Waals surface area contributed by atoms with E-state index >= 15 is 0 Å². The molecule has 0 amide bonds. The van der Waals surface area contributed by atoms with E-state index in [1.807, 2.05) is 30.3 Å². The maximum absolute atomic E-state index is 12.9. The third-order valence-electron chi connectivity index (χ3n) is 5.30. The number of rotatable bonds is 4. The first-order chi connectivity index (χ1) is 14.5. The fourth-order valence-electron chi connectivity index (χ4n) is 3.81. The summed E-state index contributed by atoms with van der Waals surface area (Å²) in [4.78, 5) is 16.1. The van der Waals surface area contributed by atoms with Crippen LogP contribution < -0.4 is 4.90 Å². The molecule has 1 aliphatic heterocycles. The summed E-state index contributed by atoms with van der Waals surface area (Å²) in [6.45, 7) is 2.77. The number of halogens is 3. The molecule has 0 saturated carbocycles. The minimum absolute atomic E-state index is 0.0464. The Labute approximate surface area is 194 Å². The van der Waals surface area contributed by atoms with Crippen molar-refractivity contribution < 1.29 is 14.6 Å². The zero-order valence-corrected chi connectivity index (χ0v) is 19.1. The molecular formula is C22H20Cl3NO3S. The Balaban J connectivity index is 1.62. The summed E-state index contributed by atoms with van der Waals surface area (Å²) in [5, 5.41) is 12.3. The van der Waals surface area contributed by atoms with Gasteiger partial charge in [-0.2, -0.15) is 0 Å². The van der Waals surface area contributed by atoms with Crippen LogP contribution in [-0.4, -0.2) is 37.2 Å². The summed E-state index contributed by atoms with van der Waals surface area (Å²) in [6, 6.07) is 11.0. The van der Waals surface area contributed by atoms with Crippen molar-refractivity contribution in [1.82, 2.24) is 0 Å². The summed E-state index contributed by atoms with van der Waals surface area (Å²) in [6.07, 6.45) is 0.521. The lowest BCUT2D eigenvalue weighted by atomic mass is 9.85. The van der Waals surface area contributed by atoms with E-state index in [1.165, 1.54) is 11.8 Å². The van der Waals surface area contributed by atoms with Crippen molar-refractivity contribution in [2.75, 3.05) is 31.2 Å². The fourth-order valence-corrected chi connectivity index (χ4v) is 5.79. The van der Waals surface area contributed by atoms with E-state index in [2.05, 4.69) is 4.90 Å². The summed E-state index contributed by atoms with van der Waals surface area (Å²) in [5.41, 5.74) is 1.59. The topological polar surface area (TPSA) is 49.8 Å². The highest BCUT2D eigenvalue weighted by Crippen LogP contribution is 2.47. The first-order valence-corrected chi connectivity index (χ1v) is 11.6. The number of morpholine rings is 1. The molecule has 4 nitrogen and oxygen atoms in total. The van der Waals surface area contributed by atoms with E-state index in [4.69, 9.17) is 39.5 Å². The number of hydrogen-bond donors (Lipinski definition) is 1. The number of ketones is 1. The Morgan fingerprint density at radius 1 is 1.00 bits per heavy atom. The van der Waals surface area contributed by atoms with Gasteiger partial charge >= 0.3 is 0 Å². The van der Waals surface area contributed by atoms with Gasteiger partial charge < -0.3 is 14.7 Å². The molecule has 0 bridgehead atoms. The quantitative estimate of drug-likeness (QED) is 0.537. The smallest absolute Gasteiger partial charge is 0.173 e. The molecule has 1 heterocycles. The van der Waals surface area contributed by atoms with E-state index in [0.29, 0.717) is 45.2 Å². The number of aliphatic hydroxyl groups excluding tert-OH is 1. The van der Waals surface area contributed by atoms with Crippen LogP contribution >= 0.6 is 46.6 Å². The van der Waals surface area contributed by atoms with Crippen LogP contribution in [0.15, 0.2) is 52.0 Å². The lowest BCUT2D eigenvalue weighted by Gasteiger charge is -2.32. The van der Waals surface area contributed by atoms with Crippen LogP contribution in [-0.2, 0) is 9.53 Å². The number of nitrogens with zero attached hydrogens (tertiary/aromatic N) is 1. The lowest BCUT2D eigenvalue weighted by molar-refractivity contribution is -0.115. The fraction of sp³-hybridized carbons (Fsp3) is 0.318. The average Bonchev–Trinajstić information content (AvgIpc) is 2.73. The predicted molar refractivity (Wildman–Crippen MR) is 123 cm³/mol.